The van der Waals surface area contributed by atoms with Gasteiger partial charge in [-0.3, -0.25) is 0 Å². The van der Waals surface area contributed by atoms with Gasteiger partial charge >= 0.3 is 0 Å². The van der Waals surface area contributed by atoms with Crippen LogP contribution in [-0.2, 0) is 6.54 Å². The fraction of sp³-hybridized carbons (Fsp3) is 0.200. The molecule has 0 fully saturated rings. The van der Waals surface area contributed by atoms with E-state index in [4.69, 9.17) is 32.7 Å². The minimum Gasteiger partial charge on any atom is -0.497 e. The number of methoxy groups -OCH3 is 2. The maximum absolute atomic E-state index is 5.98. The summed E-state index contributed by atoms with van der Waals surface area (Å²) in [5, 5.41) is 4.53. The first-order valence-electron chi connectivity index (χ1n) is 6.03. The van der Waals surface area contributed by atoms with Crippen LogP contribution in [-0.4, -0.2) is 14.2 Å². The first kappa shape index (κ1) is 14.8. The van der Waals surface area contributed by atoms with E-state index in [0.29, 0.717) is 16.6 Å². The fourth-order valence-electron chi connectivity index (χ4n) is 1.85. The molecule has 0 aromatic heterocycles. The van der Waals surface area contributed by atoms with Gasteiger partial charge in [-0.2, -0.15) is 0 Å². The SMILES string of the molecule is COc1ccc(NCc2cc(Cl)cc(Cl)c2)c(OC)c1. The Morgan fingerprint density at radius 2 is 1.65 bits per heavy atom. The van der Waals surface area contributed by atoms with Gasteiger partial charge in [0.25, 0.3) is 0 Å². The zero-order valence-corrected chi connectivity index (χ0v) is 12.8. The van der Waals surface area contributed by atoms with Crippen LogP contribution in [0.25, 0.3) is 0 Å². The highest BCUT2D eigenvalue weighted by Crippen LogP contribution is 2.29. The highest BCUT2D eigenvalue weighted by molar-refractivity contribution is 6.34. The number of hydrogen-bond acceptors (Lipinski definition) is 3. The molecule has 0 saturated carbocycles. The summed E-state index contributed by atoms with van der Waals surface area (Å²) in [4.78, 5) is 0. The third-order valence-electron chi connectivity index (χ3n) is 2.81. The van der Waals surface area contributed by atoms with Crippen molar-refractivity contribution < 1.29 is 9.47 Å². The molecule has 0 aliphatic rings. The standard InChI is InChI=1S/C15H15Cl2NO2/c1-19-13-3-4-14(15(8-13)20-2)18-9-10-5-11(16)7-12(17)6-10/h3-8,18H,9H2,1-2H3. The normalized spacial score (nSPS) is 10.2. The van der Waals surface area contributed by atoms with Crippen LogP contribution in [0.3, 0.4) is 0 Å². The van der Waals surface area contributed by atoms with E-state index >= 15 is 0 Å². The average molecular weight is 312 g/mol. The zero-order valence-electron chi connectivity index (χ0n) is 11.2. The van der Waals surface area contributed by atoms with Crippen LogP contribution in [0.2, 0.25) is 10.0 Å². The van der Waals surface area contributed by atoms with E-state index in [-0.39, 0.29) is 0 Å². The van der Waals surface area contributed by atoms with Crippen molar-refractivity contribution in [1.82, 2.24) is 0 Å². The lowest BCUT2D eigenvalue weighted by Gasteiger charge is -2.13. The van der Waals surface area contributed by atoms with Crippen LogP contribution >= 0.6 is 23.2 Å². The molecule has 2 aromatic carbocycles. The molecule has 0 amide bonds. The molecule has 0 spiro atoms. The second kappa shape index (κ2) is 6.73. The second-order valence-corrected chi connectivity index (χ2v) is 5.07. The smallest absolute Gasteiger partial charge is 0.145 e. The van der Waals surface area contributed by atoms with E-state index in [0.717, 1.165) is 22.7 Å². The third-order valence-corrected chi connectivity index (χ3v) is 3.25. The summed E-state index contributed by atoms with van der Waals surface area (Å²) in [5.74, 6) is 1.47. The number of nitrogens with one attached hydrogen (secondary N) is 1. The summed E-state index contributed by atoms with van der Waals surface area (Å²) < 4.78 is 10.5. The predicted octanol–water partition coefficient (Wildman–Crippen LogP) is 4.62. The molecule has 0 aliphatic heterocycles. The molecular weight excluding hydrogens is 297 g/mol. The fourth-order valence-corrected chi connectivity index (χ4v) is 2.43. The Bertz CT molecular complexity index is 582. The average Bonchev–Trinajstić information content (AvgIpc) is 2.44. The highest BCUT2D eigenvalue weighted by atomic mass is 35.5. The van der Waals surface area contributed by atoms with E-state index in [1.165, 1.54) is 0 Å². The van der Waals surface area contributed by atoms with Crippen molar-refractivity contribution in [2.75, 3.05) is 19.5 Å². The Balaban J connectivity index is 2.14. The summed E-state index contributed by atoms with van der Waals surface area (Å²) in [5.41, 5.74) is 1.88. The van der Waals surface area contributed by atoms with Crippen molar-refractivity contribution in [2.45, 2.75) is 6.54 Å². The number of hydrogen-bond donors (Lipinski definition) is 1. The van der Waals surface area contributed by atoms with Crippen LogP contribution in [0.1, 0.15) is 5.56 Å². The van der Waals surface area contributed by atoms with E-state index < -0.39 is 0 Å². The van der Waals surface area contributed by atoms with Gasteiger partial charge in [0.2, 0.25) is 0 Å². The van der Waals surface area contributed by atoms with Gasteiger partial charge in [-0.1, -0.05) is 23.2 Å². The Morgan fingerprint density at radius 3 is 2.25 bits per heavy atom. The summed E-state index contributed by atoms with van der Waals surface area (Å²) >= 11 is 12.0. The summed E-state index contributed by atoms with van der Waals surface area (Å²) in [7, 11) is 3.24. The number of anilines is 1. The van der Waals surface area contributed by atoms with E-state index in [9.17, 15) is 0 Å². The van der Waals surface area contributed by atoms with E-state index in [1.54, 1.807) is 20.3 Å². The molecule has 20 heavy (non-hydrogen) atoms. The highest BCUT2D eigenvalue weighted by Gasteiger charge is 2.05. The molecule has 5 heteroatoms. The minimum atomic E-state index is 0.600. The molecule has 106 valence electrons. The maximum Gasteiger partial charge on any atom is 0.145 e. The predicted molar refractivity (Wildman–Crippen MR) is 83.3 cm³/mol. The molecule has 0 unspecified atom stereocenters. The van der Waals surface area contributed by atoms with Crippen LogP contribution in [0, 0.1) is 0 Å². The van der Waals surface area contributed by atoms with Crippen molar-refractivity contribution in [3.05, 3.63) is 52.0 Å². The van der Waals surface area contributed by atoms with Gasteiger partial charge in [-0.25, -0.2) is 0 Å². The van der Waals surface area contributed by atoms with Gasteiger partial charge in [-0.05, 0) is 35.9 Å². The van der Waals surface area contributed by atoms with Gasteiger partial charge in [0.05, 0.1) is 19.9 Å². The molecule has 0 radical (unpaired) electrons. The summed E-state index contributed by atoms with van der Waals surface area (Å²) in [6.07, 6.45) is 0. The van der Waals surface area contributed by atoms with E-state index in [2.05, 4.69) is 5.32 Å². The van der Waals surface area contributed by atoms with Crippen molar-refractivity contribution >= 4 is 28.9 Å². The van der Waals surface area contributed by atoms with Gasteiger partial charge < -0.3 is 14.8 Å². The van der Waals surface area contributed by atoms with Crippen molar-refractivity contribution in [2.24, 2.45) is 0 Å². The molecule has 0 heterocycles. The number of ether oxygens (including phenoxy) is 2. The third kappa shape index (κ3) is 3.71. The van der Waals surface area contributed by atoms with Crippen molar-refractivity contribution in [3.63, 3.8) is 0 Å². The topological polar surface area (TPSA) is 30.5 Å². The van der Waals surface area contributed by atoms with Gasteiger partial charge in [0, 0.05) is 22.7 Å². The monoisotopic (exact) mass is 311 g/mol. The van der Waals surface area contributed by atoms with Crippen molar-refractivity contribution in [1.29, 1.82) is 0 Å². The molecule has 2 aromatic rings. The largest absolute Gasteiger partial charge is 0.497 e. The molecule has 0 aliphatic carbocycles. The molecule has 3 nitrogen and oxygen atoms in total. The number of halogens is 2. The molecule has 0 bridgehead atoms. The van der Waals surface area contributed by atoms with Gasteiger partial charge in [0.1, 0.15) is 11.5 Å². The molecule has 1 N–H and O–H groups in total. The Labute approximate surface area is 128 Å². The molecule has 2 rings (SSSR count). The first-order chi connectivity index (χ1) is 9.62. The lowest BCUT2D eigenvalue weighted by molar-refractivity contribution is 0.395. The first-order valence-corrected chi connectivity index (χ1v) is 6.79. The Kier molecular flexibility index (Phi) is 4.99. The Hall–Kier alpha value is -1.58. The van der Waals surface area contributed by atoms with Crippen LogP contribution < -0.4 is 14.8 Å². The molecule has 0 atom stereocenters. The van der Waals surface area contributed by atoms with Gasteiger partial charge in [-0.15, -0.1) is 0 Å². The quantitative estimate of drug-likeness (QED) is 0.873. The van der Waals surface area contributed by atoms with Crippen LogP contribution in [0.15, 0.2) is 36.4 Å². The van der Waals surface area contributed by atoms with E-state index in [1.807, 2.05) is 30.3 Å². The molecular formula is C15H15Cl2NO2. The van der Waals surface area contributed by atoms with Crippen LogP contribution in [0.5, 0.6) is 11.5 Å². The van der Waals surface area contributed by atoms with Crippen molar-refractivity contribution in [3.8, 4) is 11.5 Å². The lowest BCUT2D eigenvalue weighted by atomic mass is 10.2. The number of rotatable bonds is 5. The lowest BCUT2D eigenvalue weighted by Crippen LogP contribution is -2.01. The number of benzene rings is 2. The summed E-state index contributed by atoms with van der Waals surface area (Å²) in [6, 6.07) is 11.1. The summed E-state index contributed by atoms with van der Waals surface area (Å²) in [6.45, 7) is 0.600. The zero-order chi connectivity index (χ0) is 14.5. The molecule has 0 saturated heterocycles. The van der Waals surface area contributed by atoms with Gasteiger partial charge in [0.15, 0.2) is 0 Å². The Morgan fingerprint density at radius 1 is 0.950 bits per heavy atom. The van der Waals surface area contributed by atoms with Crippen LogP contribution in [0.4, 0.5) is 5.69 Å². The minimum absolute atomic E-state index is 0.600. The maximum atomic E-state index is 5.98. The second-order valence-electron chi connectivity index (χ2n) is 4.20.